The first kappa shape index (κ1) is 10.6. The van der Waals surface area contributed by atoms with E-state index in [1.165, 1.54) is 0 Å². The number of hydrogen-bond acceptors (Lipinski definition) is 3. The summed E-state index contributed by atoms with van der Waals surface area (Å²) in [5, 5.41) is 9.46. The Morgan fingerprint density at radius 3 is 2.71 bits per heavy atom. The van der Waals surface area contributed by atoms with Crippen LogP contribution in [0.2, 0.25) is 0 Å². The van der Waals surface area contributed by atoms with Gasteiger partial charge in [-0.1, -0.05) is 18.2 Å². The summed E-state index contributed by atoms with van der Waals surface area (Å²) in [6, 6.07) is 7.11. The number of hydrogen-bond donors (Lipinski definition) is 3. The Morgan fingerprint density at radius 1 is 1.36 bits per heavy atom. The predicted octanol–water partition coefficient (Wildman–Crippen LogP) is 1.43. The van der Waals surface area contributed by atoms with Gasteiger partial charge < -0.3 is 16.6 Å². The zero-order valence-electron chi connectivity index (χ0n) is 8.11. The Hall–Kier alpha value is -1.48. The number of allylic oxidation sites excluding steroid dienone is 1. The van der Waals surface area contributed by atoms with Crippen molar-refractivity contribution in [1.82, 2.24) is 0 Å². The van der Waals surface area contributed by atoms with E-state index in [-0.39, 0.29) is 5.75 Å². The number of nitrogens with two attached hydrogens (primary N) is 2. The fraction of sp³-hybridized carbons (Fsp3) is 0.273. The minimum absolute atomic E-state index is 0.253. The van der Waals surface area contributed by atoms with Gasteiger partial charge in [0, 0.05) is 11.3 Å². The largest absolute Gasteiger partial charge is 0.507 e. The molecule has 0 aliphatic carbocycles. The van der Waals surface area contributed by atoms with Crippen molar-refractivity contribution in [2.45, 2.75) is 12.8 Å². The second-order valence-corrected chi connectivity index (χ2v) is 3.17. The van der Waals surface area contributed by atoms with Crippen LogP contribution in [0.5, 0.6) is 5.75 Å². The lowest BCUT2D eigenvalue weighted by Crippen LogP contribution is -2.03. The molecule has 0 unspecified atom stereocenters. The van der Waals surface area contributed by atoms with Gasteiger partial charge in [0.05, 0.1) is 0 Å². The molecule has 0 aromatic heterocycles. The van der Waals surface area contributed by atoms with E-state index in [1.54, 1.807) is 18.2 Å². The SMILES string of the molecule is NCCCC(N)=Cc1ccccc1O. The molecule has 0 fully saturated rings. The Morgan fingerprint density at radius 2 is 2.07 bits per heavy atom. The summed E-state index contributed by atoms with van der Waals surface area (Å²) >= 11 is 0. The number of phenols is 1. The Kier molecular flexibility index (Phi) is 4.01. The number of para-hydroxylation sites is 1. The van der Waals surface area contributed by atoms with Crippen LogP contribution in [0.25, 0.3) is 6.08 Å². The van der Waals surface area contributed by atoms with Crippen LogP contribution in [0.1, 0.15) is 18.4 Å². The minimum Gasteiger partial charge on any atom is -0.507 e. The molecule has 0 aliphatic heterocycles. The molecule has 0 bridgehead atoms. The molecule has 3 heteroatoms. The van der Waals surface area contributed by atoms with Crippen molar-refractivity contribution in [2.75, 3.05) is 6.54 Å². The second kappa shape index (κ2) is 5.29. The summed E-state index contributed by atoms with van der Waals surface area (Å²) < 4.78 is 0. The van der Waals surface area contributed by atoms with Crippen LogP contribution in [-0.4, -0.2) is 11.7 Å². The first-order valence-corrected chi connectivity index (χ1v) is 4.68. The van der Waals surface area contributed by atoms with Gasteiger partial charge in [-0.05, 0) is 31.5 Å². The lowest BCUT2D eigenvalue weighted by Gasteiger charge is -2.01. The lowest BCUT2D eigenvalue weighted by atomic mass is 10.1. The molecule has 0 saturated heterocycles. The van der Waals surface area contributed by atoms with Crippen molar-refractivity contribution < 1.29 is 5.11 Å². The molecule has 0 saturated carbocycles. The number of aromatic hydroxyl groups is 1. The molecule has 0 radical (unpaired) electrons. The van der Waals surface area contributed by atoms with Gasteiger partial charge in [0.15, 0.2) is 0 Å². The normalized spacial score (nSPS) is 11.6. The maximum atomic E-state index is 9.46. The second-order valence-electron chi connectivity index (χ2n) is 3.17. The van der Waals surface area contributed by atoms with Gasteiger partial charge in [0.2, 0.25) is 0 Å². The highest BCUT2D eigenvalue weighted by Crippen LogP contribution is 2.18. The third kappa shape index (κ3) is 3.11. The van der Waals surface area contributed by atoms with Crippen molar-refractivity contribution in [3.8, 4) is 5.75 Å². The summed E-state index contributed by atoms with van der Waals surface area (Å²) in [4.78, 5) is 0. The number of rotatable bonds is 4. The summed E-state index contributed by atoms with van der Waals surface area (Å²) in [6.45, 7) is 0.634. The van der Waals surface area contributed by atoms with E-state index in [0.29, 0.717) is 6.54 Å². The highest BCUT2D eigenvalue weighted by molar-refractivity contribution is 5.58. The fourth-order valence-electron chi connectivity index (χ4n) is 1.19. The van der Waals surface area contributed by atoms with Crippen LogP contribution in [0.15, 0.2) is 30.0 Å². The summed E-state index contributed by atoms with van der Waals surface area (Å²) in [5.41, 5.74) is 12.6. The third-order valence-corrected chi connectivity index (χ3v) is 1.95. The molecule has 14 heavy (non-hydrogen) atoms. The molecule has 1 rings (SSSR count). The van der Waals surface area contributed by atoms with E-state index >= 15 is 0 Å². The Balaban J connectivity index is 2.71. The average molecular weight is 192 g/mol. The topological polar surface area (TPSA) is 72.3 Å². The minimum atomic E-state index is 0.253. The van der Waals surface area contributed by atoms with Gasteiger partial charge in [-0.2, -0.15) is 0 Å². The van der Waals surface area contributed by atoms with E-state index in [2.05, 4.69) is 0 Å². The Bertz CT molecular complexity index is 321. The number of phenolic OH excluding ortho intramolecular Hbond substituents is 1. The van der Waals surface area contributed by atoms with E-state index in [0.717, 1.165) is 24.1 Å². The average Bonchev–Trinajstić information content (AvgIpc) is 2.18. The van der Waals surface area contributed by atoms with Crippen molar-refractivity contribution in [1.29, 1.82) is 0 Å². The predicted molar refractivity (Wildman–Crippen MR) is 58.6 cm³/mol. The highest BCUT2D eigenvalue weighted by Gasteiger charge is 1.96. The number of benzene rings is 1. The Labute approximate surface area is 84.0 Å². The monoisotopic (exact) mass is 192 g/mol. The molecule has 1 aromatic carbocycles. The molecular formula is C11H16N2O. The first-order valence-electron chi connectivity index (χ1n) is 4.68. The molecule has 0 atom stereocenters. The molecule has 1 aromatic rings. The first-order chi connectivity index (χ1) is 6.74. The van der Waals surface area contributed by atoms with E-state index in [1.807, 2.05) is 12.1 Å². The zero-order chi connectivity index (χ0) is 10.4. The van der Waals surface area contributed by atoms with Gasteiger partial charge >= 0.3 is 0 Å². The molecular weight excluding hydrogens is 176 g/mol. The van der Waals surface area contributed by atoms with Crippen LogP contribution in [0.3, 0.4) is 0 Å². The van der Waals surface area contributed by atoms with Crippen molar-refractivity contribution in [3.63, 3.8) is 0 Å². The van der Waals surface area contributed by atoms with E-state index < -0.39 is 0 Å². The molecule has 0 spiro atoms. The summed E-state index contributed by atoms with van der Waals surface area (Å²) in [7, 11) is 0. The maximum Gasteiger partial charge on any atom is 0.122 e. The van der Waals surface area contributed by atoms with E-state index in [4.69, 9.17) is 11.5 Å². The van der Waals surface area contributed by atoms with E-state index in [9.17, 15) is 5.11 Å². The van der Waals surface area contributed by atoms with Crippen LogP contribution in [0.4, 0.5) is 0 Å². The van der Waals surface area contributed by atoms with Gasteiger partial charge in [-0.25, -0.2) is 0 Å². The van der Waals surface area contributed by atoms with Crippen molar-refractivity contribution in [2.24, 2.45) is 11.5 Å². The molecule has 0 aliphatic rings. The fourth-order valence-corrected chi connectivity index (χ4v) is 1.19. The zero-order valence-corrected chi connectivity index (χ0v) is 8.11. The molecule has 0 amide bonds. The lowest BCUT2D eigenvalue weighted by molar-refractivity contribution is 0.474. The molecule has 0 heterocycles. The van der Waals surface area contributed by atoms with Gasteiger partial charge in [0.25, 0.3) is 0 Å². The van der Waals surface area contributed by atoms with Crippen LogP contribution < -0.4 is 11.5 Å². The van der Waals surface area contributed by atoms with Gasteiger partial charge in [-0.15, -0.1) is 0 Å². The van der Waals surface area contributed by atoms with Crippen LogP contribution >= 0.6 is 0 Å². The standard InChI is InChI=1S/C11H16N2O/c12-7-3-5-10(13)8-9-4-1-2-6-11(9)14/h1-2,4,6,8,14H,3,5,7,12-13H2. The van der Waals surface area contributed by atoms with Crippen molar-refractivity contribution in [3.05, 3.63) is 35.5 Å². The highest BCUT2D eigenvalue weighted by atomic mass is 16.3. The molecule has 76 valence electrons. The molecule has 3 nitrogen and oxygen atoms in total. The summed E-state index contributed by atoms with van der Waals surface area (Å²) in [6.07, 6.45) is 3.42. The summed E-state index contributed by atoms with van der Waals surface area (Å²) in [5.74, 6) is 0.253. The quantitative estimate of drug-likeness (QED) is 0.675. The van der Waals surface area contributed by atoms with Gasteiger partial charge in [0.1, 0.15) is 5.75 Å². The van der Waals surface area contributed by atoms with Crippen LogP contribution in [-0.2, 0) is 0 Å². The van der Waals surface area contributed by atoms with Crippen molar-refractivity contribution >= 4 is 6.08 Å². The van der Waals surface area contributed by atoms with Gasteiger partial charge in [-0.3, -0.25) is 0 Å². The smallest absolute Gasteiger partial charge is 0.122 e. The molecule has 5 N–H and O–H groups in total. The maximum absolute atomic E-state index is 9.46. The van der Waals surface area contributed by atoms with Crippen LogP contribution in [0, 0.1) is 0 Å². The third-order valence-electron chi connectivity index (χ3n) is 1.95.